The lowest BCUT2D eigenvalue weighted by molar-refractivity contribution is -0.121. The van der Waals surface area contributed by atoms with Gasteiger partial charge in [0, 0.05) is 25.1 Å². The van der Waals surface area contributed by atoms with E-state index < -0.39 is 0 Å². The van der Waals surface area contributed by atoms with E-state index in [9.17, 15) is 9.59 Å². The first-order chi connectivity index (χ1) is 9.84. The minimum atomic E-state index is -0.189. The van der Waals surface area contributed by atoms with Gasteiger partial charge in [-0.3, -0.25) is 9.59 Å². The fourth-order valence-electron chi connectivity index (χ4n) is 1.80. The van der Waals surface area contributed by atoms with E-state index in [2.05, 4.69) is 31.4 Å². The summed E-state index contributed by atoms with van der Waals surface area (Å²) < 4.78 is 0. The minimum absolute atomic E-state index is 0.0554. The number of hydrogen-bond donors (Lipinski definition) is 3. The third-order valence-corrected chi connectivity index (χ3v) is 3.08. The average molecular weight is 292 g/mol. The molecule has 0 saturated heterocycles. The maximum Gasteiger partial charge on any atom is 0.251 e. The van der Waals surface area contributed by atoms with Crippen LogP contribution in [0, 0.1) is 0 Å². The molecular weight excluding hydrogens is 268 g/mol. The zero-order valence-electron chi connectivity index (χ0n) is 12.9. The minimum Gasteiger partial charge on any atom is -0.395 e. The molecule has 3 N–H and O–H groups in total. The number of rotatable bonds is 6. The molecule has 1 rings (SSSR count). The van der Waals surface area contributed by atoms with Crippen molar-refractivity contribution in [1.29, 1.82) is 0 Å². The lowest BCUT2D eigenvalue weighted by Crippen LogP contribution is -2.32. The SMILES string of the molecule is CC(C)(C)c1ccc(C(=O)NCCC(=O)NCCO)cc1. The maximum absolute atomic E-state index is 11.9. The normalized spacial score (nSPS) is 11.0. The summed E-state index contributed by atoms with van der Waals surface area (Å²) in [4.78, 5) is 23.2. The lowest BCUT2D eigenvalue weighted by Gasteiger charge is -2.19. The molecule has 1 aromatic rings. The summed E-state index contributed by atoms with van der Waals surface area (Å²) in [6.07, 6.45) is 0.200. The summed E-state index contributed by atoms with van der Waals surface area (Å²) in [5.74, 6) is -0.377. The number of benzene rings is 1. The molecule has 2 amide bonds. The first-order valence-electron chi connectivity index (χ1n) is 7.11. The highest BCUT2D eigenvalue weighted by Crippen LogP contribution is 2.22. The van der Waals surface area contributed by atoms with E-state index in [-0.39, 0.29) is 43.3 Å². The second-order valence-corrected chi connectivity index (χ2v) is 5.91. The Kier molecular flexibility index (Phi) is 6.37. The van der Waals surface area contributed by atoms with Crippen molar-refractivity contribution in [3.8, 4) is 0 Å². The highest BCUT2D eigenvalue weighted by Gasteiger charge is 2.14. The number of carbonyl (C=O) groups excluding carboxylic acids is 2. The van der Waals surface area contributed by atoms with Gasteiger partial charge in [0.25, 0.3) is 5.91 Å². The average Bonchev–Trinajstić information content (AvgIpc) is 2.44. The number of aliphatic hydroxyl groups is 1. The molecule has 1 aromatic carbocycles. The van der Waals surface area contributed by atoms with Gasteiger partial charge in [-0.1, -0.05) is 32.9 Å². The molecule has 0 fully saturated rings. The second kappa shape index (κ2) is 7.78. The van der Waals surface area contributed by atoms with E-state index >= 15 is 0 Å². The van der Waals surface area contributed by atoms with Crippen LogP contribution in [-0.4, -0.2) is 36.6 Å². The second-order valence-electron chi connectivity index (χ2n) is 5.91. The van der Waals surface area contributed by atoms with Crippen molar-refractivity contribution in [2.75, 3.05) is 19.7 Å². The largest absolute Gasteiger partial charge is 0.395 e. The number of nitrogens with one attached hydrogen (secondary N) is 2. The smallest absolute Gasteiger partial charge is 0.251 e. The van der Waals surface area contributed by atoms with Crippen LogP contribution in [0.3, 0.4) is 0 Å². The Balaban J connectivity index is 2.44. The van der Waals surface area contributed by atoms with E-state index in [0.29, 0.717) is 5.56 Å². The third-order valence-electron chi connectivity index (χ3n) is 3.08. The van der Waals surface area contributed by atoms with Crippen LogP contribution in [0.2, 0.25) is 0 Å². The van der Waals surface area contributed by atoms with E-state index in [4.69, 9.17) is 5.11 Å². The van der Waals surface area contributed by atoms with Crippen LogP contribution in [0.1, 0.15) is 43.1 Å². The van der Waals surface area contributed by atoms with Gasteiger partial charge in [-0.2, -0.15) is 0 Å². The Hall–Kier alpha value is -1.88. The highest BCUT2D eigenvalue weighted by molar-refractivity contribution is 5.94. The molecule has 5 heteroatoms. The monoisotopic (exact) mass is 292 g/mol. The molecule has 0 aromatic heterocycles. The van der Waals surface area contributed by atoms with Crippen molar-refractivity contribution < 1.29 is 14.7 Å². The molecule has 0 aliphatic heterocycles. The van der Waals surface area contributed by atoms with Crippen LogP contribution in [0.25, 0.3) is 0 Å². The number of carbonyl (C=O) groups is 2. The first-order valence-corrected chi connectivity index (χ1v) is 7.11. The maximum atomic E-state index is 11.9. The van der Waals surface area contributed by atoms with Crippen LogP contribution < -0.4 is 10.6 Å². The molecule has 21 heavy (non-hydrogen) atoms. The van der Waals surface area contributed by atoms with Crippen LogP contribution in [-0.2, 0) is 10.2 Å². The Bertz CT molecular complexity index is 475. The number of hydrogen-bond acceptors (Lipinski definition) is 3. The quantitative estimate of drug-likeness (QED) is 0.737. The Morgan fingerprint density at radius 2 is 1.67 bits per heavy atom. The van der Waals surface area contributed by atoms with Crippen LogP contribution >= 0.6 is 0 Å². The van der Waals surface area contributed by atoms with Crippen molar-refractivity contribution in [2.45, 2.75) is 32.6 Å². The van der Waals surface area contributed by atoms with E-state index in [1.54, 1.807) is 12.1 Å². The summed E-state index contributed by atoms with van der Waals surface area (Å²) in [7, 11) is 0. The predicted octanol–water partition coefficient (Wildman–Crippen LogP) is 1.21. The fraction of sp³-hybridized carbons (Fsp3) is 0.500. The summed E-state index contributed by atoms with van der Waals surface area (Å²) in [5, 5.41) is 13.8. The molecule has 0 spiro atoms. The van der Waals surface area contributed by atoms with Gasteiger partial charge >= 0.3 is 0 Å². The molecule has 116 valence electrons. The van der Waals surface area contributed by atoms with Gasteiger partial charge in [0.15, 0.2) is 0 Å². The standard InChI is InChI=1S/C16H24N2O3/c1-16(2,3)13-6-4-12(5-7-13)15(21)18-9-8-14(20)17-10-11-19/h4-7,19H,8-11H2,1-3H3,(H,17,20)(H,18,21). The van der Waals surface area contributed by atoms with Crippen molar-refractivity contribution >= 4 is 11.8 Å². The number of amides is 2. The molecule has 0 heterocycles. The molecule has 0 radical (unpaired) electrons. The van der Waals surface area contributed by atoms with Crippen molar-refractivity contribution in [1.82, 2.24) is 10.6 Å². The Labute approximate surface area is 125 Å². The van der Waals surface area contributed by atoms with Gasteiger partial charge < -0.3 is 15.7 Å². The van der Waals surface area contributed by atoms with Gasteiger partial charge in [-0.15, -0.1) is 0 Å². The van der Waals surface area contributed by atoms with Crippen molar-refractivity contribution in [3.05, 3.63) is 35.4 Å². The molecule has 0 aliphatic carbocycles. The van der Waals surface area contributed by atoms with Gasteiger partial charge in [0.1, 0.15) is 0 Å². The molecule has 0 atom stereocenters. The molecule has 0 saturated carbocycles. The van der Waals surface area contributed by atoms with Gasteiger partial charge in [-0.25, -0.2) is 0 Å². The zero-order chi connectivity index (χ0) is 15.9. The molecule has 0 bridgehead atoms. The van der Waals surface area contributed by atoms with Crippen LogP contribution in [0.5, 0.6) is 0 Å². The number of aliphatic hydroxyl groups excluding tert-OH is 1. The topological polar surface area (TPSA) is 78.4 Å². The van der Waals surface area contributed by atoms with Crippen molar-refractivity contribution in [2.24, 2.45) is 0 Å². The predicted molar refractivity (Wildman–Crippen MR) is 82.2 cm³/mol. The Morgan fingerprint density at radius 3 is 2.19 bits per heavy atom. The molecule has 5 nitrogen and oxygen atoms in total. The third kappa shape index (κ3) is 5.95. The zero-order valence-corrected chi connectivity index (χ0v) is 12.9. The molecule has 0 unspecified atom stereocenters. The van der Waals surface area contributed by atoms with Crippen LogP contribution in [0.4, 0.5) is 0 Å². The van der Waals surface area contributed by atoms with Gasteiger partial charge in [0.05, 0.1) is 6.61 Å². The molecule has 0 aliphatic rings. The van der Waals surface area contributed by atoms with Gasteiger partial charge in [0.2, 0.25) is 5.91 Å². The summed E-state index contributed by atoms with van der Waals surface area (Å²) in [6, 6.07) is 7.48. The summed E-state index contributed by atoms with van der Waals surface area (Å²) >= 11 is 0. The van der Waals surface area contributed by atoms with Crippen LogP contribution in [0.15, 0.2) is 24.3 Å². The highest BCUT2D eigenvalue weighted by atomic mass is 16.3. The molecular formula is C16H24N2O3. The first kappa shape index (κ1) is 17.2. The van der Waals surface area contributed by atoms with Crippen molar-refractivity contribution in [3.63, 3.8) is 0 Å². The summed E-state index contributed by atoms with van der Waals surface area (Å²) in [5.41, 5.74) is 1.81. The van der Waals surface area contributed by atoms with E-state index in [1.165, 1.54) is 5.56 Å². The van der Waals surface area contributed by atoms with E-state index in [0.717, 1.165) is 0 Å². The summed E-state index contributed by atoms with van der Waals surface area (Å²) in [6.45, 7) is 6.78. The fourth-order valence-corrected chi connectivity index (χ4v) is 1.80. The Morgan fingerprint density at radius 1 is 1.05 bits per heavy atom. The lowest BCUT2D eigenvalue weighted by atomic mass is 9.87. The van der Waals surface area contributed by atoms with Gasteiger partial charge in [-0.05, 0) is 23.1 Å². The van der Waals surface area contributed by atoms with E-state index in [1.807, 2.05) is 12.1 Å².